The minimum atomic E-state index is -0.579. The number of rotatable bonds is 4. The van der Waals surface area contributed by atoms with Crippen molar-refractivity contribution in [1.82, 2.24) is 23.9 Å². The maximum absolute atomic E-state index is 13.0. The lowest BCUT2D eigenvalue weighted by Crippen LogP contribution is -2.38. The lowest BCUT2D eigenvalue weighted by Gasteiger charge is -2.11. The fourth-order valence-electron chi connectivity index (χ4n) is 3.29. The number of nitrogens with zero attached hydrogens (tertiary/aromatic N) is 5. The second-order valence-corrected chi connectivity index (χ2v) is 7.84. The fraction of sp³-hybridized carbons (Fsp3) is 0.250. The van der Waals surface area contributed by atoms with E-state index in [0.717, 1.165) is 9.44 Å². The van der Waals surface area contributed by atoms with Gasteiger partial charge in [-0.15, -0.1) is 11.3 Å². The minimum absolute atomic E-state index is 0.210. The zero-order valence-corrected chi connectivity index (χ0v) is 17.7. The number of hydrogen-bond acceptors (Lipinski definition) is 7. The van der Waals surface area contributed by atoms with Crippen LogP contribution in [0, 0.1) is 6.92 Å². The molecule has 4 heterocycles. The molecule has 10 heteroatoms. The summed E-state index contributed by atoms with van der Waals surface area (Å²) in [7, 11) is 4.69. The van der Waals surface area contributed by atoms with E-state index in [1.165, 1.54) is 36.1 Å². The summed E-state index contributed by atoms with van der Waals surface area (Å²) in [4.78, 5) is 42.6. The molecule has 30 heavy (non-hydrogen) atoms. The highest BCUT2D eigenvalue weighted by Gasteiger charge is 2.21. The van der Waals surface area contributed by atoms with E-state index in [-0.39, 0.29) is 6.61 Å². The van der Waals surface area contributed by atoms with Gasteiger partial charge in [-0.05, 0) is 24.4 Å². The first-order valence-corrected chi connectivity index (χ1v) is 9.97. The Balaban J connectivity index is 1.75. The van der Waals surface area contributed by atoms with Gasteiger partial charge in [0.1, 0.15) is 6.61 Å². The summed E-state index contributed by atoms with van der Waals surface area (Å²) in [5.41, 5.74) is 1.58. The van der Waals surface area contributed by atoms with Gasteiger partial charge in [-0.3, -0.25) is 18.6 Å². The molecule has 0 aliphatic rings. The van der Waals surface area contributed by atoms with Crippen LogP contribution < -0.4 is 11.2 Å². The first-order chi connectivity index (χ1) is 14.3. The van der Waals surface area contributed by atoms with Crippen molar-refractivity contribution < 1.29 is 9.53 Å². The Morgan fingerprint density at radius 3 is 2.63 bits per heavy atom. The van der Waals surface area contributed by atoms with Crippen LogP contribution in [0.15, 0.2) is 39.2 Å². The lowest BCUT2D eigenvalue weighted by atomic mass is 10.1. The molecule has 0 bridgehead atoms. The molecule has 0 atom stereocenters. The molecule has 0 saturated carbocycles. The summed E-state index contributed by atoms with van der Waals surface area (Å²) in [6.07, 6.45) is 0. The predicted molar refractivity (Wildman–Crippen MR) is 113 cm³/mol. The molecule has 0 unspecified atom stereocenters. The third-order valence-electron chi connectivity index (χ3n) is 4.94. The second-order valence-electron chi connectivity index (χ2n) is 6.89. The number of esters is 1. The van der Waals surface area contributed by atoms with Gasteiger partial charge in [-0.25, -0.2) is 14.6 Å². The van der Waals surface area contributed by atoms with Gasteiger partial charge in [-0.2, -0.15) is 5.10 Å². The van der Waals surface area contributed by atoms with Crippen molar-refractivity contribution in [2.75, 3.05) is 0 Å². The molecule has 0 amide bonds. The highest BCUT2D eigenvalue weighted by Crippen LogP contribution is 2.29. The largest absolute Gasteiger partial charge is 0.456 e. The third kappa shape index (κ3) is 3.24. The highest BCUT2D eigenvalue weighted by molar-refractivity contribution is 7.13. The van der Waals surface area contributed by atoms with Gasteiger partial charge in [0.25, 0.3) is 5.56 Å². The van der Waals surface area contributed by atoms with Crippen molar-refractivity contribution in [1.29, 1.82) is 0 Å². The topological polar surface area (TPSA) is 101 Å². The molecule has 0 aliphatic heterocycles. The number of aryl methyl sites for hydroxylation is 2. The molecule has 9 nitrogen and oxygen atoms in total. The quantitative estimate of drug-likeness (QED) is 0.462. The van der Waals surface area contributed by atoms with E-state index in [1.807, 2.05) is 17.5 Å². The number of aromatic nitrogens is 5. The van der Waals surface area contributed by atoms with Crippen LogP contribution in [0.4, 0.5) is 0 Å². The Labute approximate surface area is 174 Å². The third-order valence-corrected chi connectivity index (χ3v) is 5.83. The van der Waals surface area contributed by atoms with Crippen molar-refractivity contribution in [3.05, 3.63) is 67.4 Å². The summed E-state index contributed by atoms with van der Waals surface area (Å²) in [6, 6.07) is 6.80. The summed E-state index contributed by atoms with van der Waals surface area (Å²) in [5.74, 6) is -0.579. The molecule has 0 spiro atoms. The number of fused-ring (bicyclic) bond motifs is 1. The van der Waals surface area contributed by atoms with E-state index in [4.69, 9.17) is 4.74 Å². The molecule has 0 radical (unpaired) electrons. The molecular formula is C20H19N5O4S. The standard InChI is InChI=1S/C20H19N5O4S/c1-11-17-13(9-14(15-6-5-7-30-15)21-18(17)25(4)22-11)19(27)29-10-12-8-16(26)24(3)20(28)23(12)2/h5-9H,10H2,1-4H3. The van der Waals surface area contributed by atoms with Crippen molar-refractivity contribution in [3.8, 4) is 10.6 Å². The second kappa shape index (κ2) is 7.38. The molecule has 154 valence electrons. The zero-order chi connectivity index (χ0) is 21.6. The molecule has 0 saturated heterocycles. The number of carbonyl (C=O) groups excluding carboxylic acids is 1. The summed E-state index contributed by atoms with van der Waals surface area (Å²) < 4.78 is 9.38. The van der Waals surface area contributed by atoms with Crippen LogP contribution >= 0.6 is 11.3 Å². The monoisotopic (exact) mass is 425 g/mol. The van der Waals surface area contributed by atoms with Crippen molar-refractivity contribution >= 4 is 28.3 Å². The number of carbonyl (C=O) groups is 1. The van der Waals surface area contributed by atoms with Gasteiger partial charge in [0.05, 0.1) is 32.9 Å². The zero-order valence-electron chi connectivity index (χ0n) is 16.9. The Morgan fingerprint density at radius 1 is 1.17 bits per heavy atom. The van der Waals surface area contributed by atoms with E-state index in [0.29, 0.717) is 33.7 Å². The molecule has 4 rings (SSSR count). The van der Waals surface area contributed by atoms with Crippen molar-refractivity contribution in [3.63, 3.8) is 0 Å². The summed E-state index contributed by atoms with van der Waals surface area (Å²) >= 11 is 1.51. The van der Waals surface area contributed by atoms with Crippen LogP contribution in [0.3, 0.4) is 0 Å². The van der Waals surface area contributed by atoms with Crippen molar-refractivity contribution in [2.45, 2.75) is 13.5 Å². The van der Waals surface area contributed by atoms with Gasteiger partial charge >= 0.3 is 11.7 Å². The molecule has 4 aromatic rings. The maximum Gasteiger partial charge on any atom is 0.339 e. The average Bonchev–Trinajstić information content (AvgIpc) is 3.36. The maximum atomic E-state index is 13.0. The van der Waals surface area contributed by atoms with Crippen LogP contribution in [-0.4, -0.2) is 29.9 Å². The average molecular weight is 425 g/mol. The highest BCUT2D eigenvalue weighted by atomic mass is 32.1. The molecular weight excluding hydrogens is 406 g/mol. The summed E-state index contributed by atoms with van der Waals surface area (Å²) in [6.45, 7) is 1.59. The van der Waals surface area contributed by atoms with Crippen LogP contribution in [0.1, 0.15) is 21.7 Å². The number of pyridine rings is 1. The van der Waals surface area contributed by atoms with E-state index < -0.39 is 17.2 Å². The number of hydrogen-bond donors (Lipinski definition) is 0. The van der Waals surface area contributed by atoms with Gasteiger partial charge < -0.3 is 4.74 Å². The van der Waals surface area contributed by atoms with E-state index in [2.05, 4.69) is 10.1 Å². The minimum Gasteiger partial charge on any atom is -0.456 e. The van der Waals surface area contributed by atoms with E-state index in [9.17, 15) is 14.4 Å². The molecule has 4 aromatic heterocycles. The van der Waals surface area contributed by atoms with Gasteiger partial charge in [0, 0.05) is 27.2 Å². The Morgan fingerprint density at radius 2 is 1.93 bits per heavy atom. The Hall–Kier alpha value is -3.53. The van der Waals surface area contributed by atoms with Crippen LogP contribution in [0.5, 0.6) is 0 Å². The summed E-state index contributed by atoms with van der Waals surface area (Å²) in [5, 5.41) is 6.93. The van der Waals surface area contributed by atoms with E-state index in [1.54, 1.807) is 24.7 Å². The SMILES string of the molecule is Cc1nn(C)c2nc(-c3cccs3)cc(C(=O)OCc3cc(=O)n(C)c(=O)n3C)c12. The molecule has 0 fully saturated rings. The normalized spacial score (nSPS) is 11.2. The smallest absolute Gasteiger partial charge is 0.339 e. The Bertz CT molecular complexity index is 1400. The molecule has 0 N–H and O–H groups in total. The first-order valence-electron chi connectivity index (χ1n) is 9.09. The van der Waals surface area contributed by atoms with Crippen molar-refractivity contribution in [2.24, 2.45) is 21.1 Å². The van der Waals surface area contributed by atoms with Gasteiger partial charge in [0.2, 0.25) is 0 Å². The van der Waals surface area contributed by atoms with Gasteiger partial charge in [-0.1, -0.05) is 6.07 Å². The molecule has 0 aliphatic carbocycles. The number of ether oxygens (including phenoxy) is 1. The molecule has 0 aromatic carbocycles. The predicted octanol–water partition coefficient (Wildman–Crippen LogP) is 1.76. The first kappa shape index (κ1) is 19.8. The van der Waals surface area contributed by atoms with E-state index >= 15 is 0 Å². The number of thiophene rings is 1. The Kier molecular flexibility index (Phi) is 4.86. The lowest BCUT2D eigenvalue weighted by molar-refractivity contribution is 0.0465. The van der Waals surface area contributed by atoms with Crippen LogP contribution in [-0.2, 0) is 32.5 Å². The fourth-order valence-corrected chi connectivity index (χ4v) is 3.98. The van der Waals surface area contributed by atoms with Crippen LogP contribution in [0.25, 0.3) is 21.6 Å². The van der Waals surface area contributed by atoms with Crippen LogP contribution in [0.2, 0.25) is 0 Å². The van der Waals surface area contributed by atoms with Gasteiger partial charge in [0.15, 0.2) is 5.65 Å².